The van der Waals surface area contributed by atoms with Crippen LogP contribution in [-0.4, -0.2) is 21.9 Å². The maximum atomic E-state index is 12.0. The monoisotopic (exact) mass is 233 g/mol. The van der Waals surface area contributed by atoms with E-state index in [4.69, 9.17) is 0 Å². The Morgan fingerprint density at radius 2 is 2.00 bits per heavy atom. The molecule has 17 heavy (non-hydrogen) atoms. The zero-order valence-corrected chi connectivity index (χ0v) is 10.4. The second-order valence-corrected chi connectivity index (χ2v) is 4.98. The lowest BCUT2D eigenvalue weighted by molar-refractivity contribution is 0.0875. The highest BCUT2D eigenvalue weighted by molar-refractivity contribution is 5.92. The third-order valence-electron chi connectivity index (χ3n) is 3.64. The van der Waals surface area contributed by atoms with Crippen LogP contribution in [0, 0.1) is 11.8 Å². The first-order valence-corrected chi connectivity index (χ1v) is 6.25. The van der Waals surface area contributed by atoms with Crippen molar-refractivity contribution < 1.29 is 4.79 Å². The molecule has 0 aromatic carbocycles. The van der Waals surface area contributed by atoms with Crippen molar-refractivity contribution in [1.29, 1.82) is 0 Å². The maximum absolute atomic E-state index is 12.0. The fourth-order valence-corrected chi connectivity index (χ4v) is 2.61. The van der Waals surface area contributed by atoms with E-state index in [2.05, 4.69) is 29.1 Å². The third-order valence-corrected chi connectivity index (χ3v) is 3.64. The number of rotatable bonds is 2. The molecule has 1 aromatic rings. The van der Waals surface area contributed by atoms with Crippen LogP contribution < -0.4 is 5.32 Å². The van der Waals surface area contributed by atoms with Gasteiger partial charge in [-0.15, -0.1) is 0 Å². The normalized spacial score (nSPS) is 28.7. The molecule has 2 unspecified atom stereocenters. The van der Waals surface area contributed by atoms with Gasteiger partial charge in [-0.05, 0) is 24.7 Å². The summed E-state index contributed by atoms with van der Waals surface area (Å²) in [4.78, 5) is 19.9. The minimum Gasteiger partial charge on any atom is -0.347 e. The van der Waals surface area contributed by atoms with Crippen LogP contribution in [-0.2, 0) is 0 Å². The van der Waals surface area contributed by atoms with Crippen LogP contribution >= 0.6 is 0 Å². The molecule has 0 radical (unpaired) electrons. The first kappa shape index (κ1) is 12.0. The molecule has 1 aliphatic rings. The van der Waals surface area contributed by atoms with Gasteiger partial charge in [0.1, 0.15) is 5.69 Å². The van der Waals surface area contributed by atoms with Crippen molar-refractivity contribution in [3.63, 3.8) is 0 Å². The Balaban J connectivity index is 2.03. The van der Waals surface area contributed by atoms with Gasteiger partial charge in [0.2, 0.25) is 0 Å². The number of aromatic nitrogens is 2. The standard InChI is InChI=1S/C13H19N3O/c1-9-4-3-5-10(2)12(9)16-13(17)11-8-14-6-7-15-11/h6-10,12H,3-5H2,1-2H3,(H,16,17). The summed E-state index contributed by atoms with van der Waals surface area (Å²) in [6.45, 7) is 4.41. The molecule has 1 N–H and O–H groups in total. The van der Waals surface area contributed by atoms with Crippen molar-refractivity contribution >= 4 is 5.91 Å². The van der Waals surface area contributed by atoms with Crippen LogP contribution in [0.5, 0.6) is 0 Å². The molecule has 2 rings (SSSR count). The Hall–Kier alpha value is -1.45. The Morgan fingerprint density at radius 3 is 2.59 bits per heavy atom. The summed E-state index contributed by atoms with van der Waals surface area (Å²) < 4.78 is 0. The quantitative estimate of drug-likeness (QED) is 0.850. The topological polar surface area (TPSA) is 54.9 Å². The molecule has 1 aromatic heterocycles. The number of nitrogens with one attached hydrogen (secondary N) is 1. The molecule has 1 amide bonds. The summed E-state index contributed by atoms with van der Waals surface area (Å²) in [6, 6.07) is 0.262. The summed E-state index contributed by atoms with van der Waals surface area (Å²) >= 11 is 0. The van der Waals surface area contributed by atoms with Crippen molar-refractivity contribution in [3.05, 3.63) is 24.3 Å². The van der Waals surface area contributed by atoms with E-state index in [1.807, 2.05) is 0 Å². The molecule has 1 aliphatic carbocycles. The number of amides is 1. The SMILES string of the molecule is CC1CCCC(C)C1NC(=O)c1cnccn1. The summed E-state index contributed by atoms with van der Waals surface area (Å²) in [6.07, 6.45) is 8.27. The van der Waals surface area contributed by atoms with Gasteiger partial charge in [0.25, 0.3) is 5.91 Å². The number of nitrogens with zero attached hydrogens (tertiary/aromatic N) is 2. The molecular weight excluding hydrogens is 214 g/mol. The van der Waals surface area contributed by atoms with Gasteiger partial charge in [-0.3, -0.25) is 9.78 Å². The molecule has 1 heterocycles. The van der Waals surface area contributed by atoms with E-state index in [0.29, 0.717) is 17.5 Å². The molecule has 2 atom stereocenters. The van der Waals surface area contributed by atoms with Crippen molar-refractivity contribution in [3.8, 4) is 0 Å². The molecule has 92 valence electrons. The van der Waals surface area contributed by atoms with E-state index in [0.717, 1.165) is 0 Å². The van der Waals surface area contributed by atoms with Crippen LogP contribution in [0.25, 0.3) is 0 Å². The molecule has 0 saturated heterocycles. The fraction of sp³-hybridized carbons (Fsp3) is 0.615. The lowest BCUT2D eigenvalue weighted by atomic mass is 9.78. The maximum Gasteiger partial charge on any atom is 0.271 e. The largest absolute Gasteiger partial charge is 0.347 e. The summed E-state index contributed by atoms with van der Waals surface area (Å²) in [5, 5.41) is 3.09. The Labute approximate surface area is 102 Å². The molecule has 0 spiro atoms. The Morgan fingerprint density at radius 1 is 1.29 bits per heavy atom. The minimum absolute atomic E-state index is 0.108. The van der Waals surface area contributed by atoms with Gasteiger partial charge < -0.3 is 5.32 Å². The summed E-state index contributed by atoms with van der Waals surface area (Å²) in [5.41, 5.74) is 0.400. The lowest BCUT2D eigenvalue weighted by Crippen LogP contribution is -2.46. The summed E-state index contributed by atoms with van der Waals surface area (Å²) in [7, 11) is 0. The van der Waals surface area contributed by atoms with Gasteiger partial charge >= 0.3 is 0 Å². The molecular formula is C13H19N3O. The highest BCUT2D eigenvalue weighted by atomic mass is 16.1. The van der Waals surface area contributed by atoms with Crippen molar-refractivity contribution in [2.24, 2.45) is 11.8 Å². The van der Waals surface area contributed by atoms with Crippen molar-refractivity contribution in [2.75, 3.05) is 0 Å². The van der Waals surface area contributed by atoms with Gasteiger partial charge in [0.15, 0.2) is 0 Å². The van der Waals surface area contributed by atoms with E-state index in [1.54, 1.807) is 12.4 Å². The van der Waals surface area contributed by atoms with Crippen LogP contribution in [0.15, 0.2) is 18.6 Å². The van der Waals surface area contributed by atoms with Gasteiger partial charge in [-0.2, -0.15) is 0 Å². The van der Waals surface area contributed by atoms with E-state index < -0.39 is 0 Å². The van der Waals surface area contributed by atoms with E-state index in [-0.39, 0.29) is 11.9 Å². The van der Waals surface area contributed by atoms with Crippen LogP contribution in [0.1, 0.15) is 43.6 Å². The first-order chi connectivity index (χ1) is 8.18. The van der Waals surface area contributed by atoms with Crippen LogP contribution in [0.2, 0.25) is 0 Å². The van der Waals surface area contributed by atoms with Gasteiger partial charge in [-0.1, -0.05) is 20.3 Å². The highest BCUT2D eigenvalue weighted by Gasteiger charge is 2.29. The lowest BCUT2D eigenvalue weighted by Gasteiger charge is -2.34. The van der Waals surface area contributed by atoms with Crippen molar-refractivity contribution in [1.82, 2.24) is 15.3 Å². The first-order valence-electron chi connectivity index (χ1n) is 6.25. The summed E-state index contributed by atoms with van der Waals surface area (Å²) in [5.74, 6) is 0.974. The number of carbonyl (C=O) groups is 1. The molecule has 1 fully saturated rings. The average Bonchev–Trinajstić information content (AvgIpc) is 2.35. The zero-order valence-electron chi connectivity index (χ0n) is 10.4. The molecule has 1 saturated carbocycles. The van der Waals surface area contributed by atoms with Crippen LogP contribution in [0.4, 0.5) is 0 Å². The molecule has 4 heteroatoms. The van der Waals surface area contributed by atoms with Gasteiger partial charge in [0.05, 0.1) is 6.20 Å². The molecule has 0 aliphatic heterocycles. The van der Waals surface area contributed by atoms with Crippen molar-refractivity contribution in [2.45, 2.75) is 39.2 Å². The fourth-order valence-electron chi connectivity index (χ4n) is 2.61. The zero-order chi connectivity index (χ0) is 12.3. The molecule has 4 nitrogen and oxygen atoms in total. The second-order valence-electron chi connectivity index (χ2n) is 4.98. The third kappa shape index (κ3) is 2.81. The average molecular weight is 233 g/mol. The molecule has 0 bridgehead atoms. The Kier molecular flexibility index (Phi) is 3.71. The van der Waals surface area contributed by atoms with Gasteiger partial charge in [-0.25, -0.2) is 4.98 Å². The highest BCUT2D eigenvalue weighted by Crippen LogP contribution is 2.28. The predicted octanol–water partition coefficient (Wildman–Crippen LogP) is 2.03. The smallest absolute Gasteiger partial charge is 0.271 e. The number of hydrogen-bond donors (Lipinski definition) is 1. The number of carbonyl (C=O) groups excluding carboxylic acids is 1. The van der Waals surface area contributed by atoms with Gasteiger partial charge in [0, 0.05) is 18.4 Å². The minimum atomic E-state index is -0.108. The van der Waals surface area contributed by atoms with Crippen LogP contribution in [0.3, 0.4) is 0 Å². The Bertz CT molecular complexity index is 370. The number of hydrogen-bond acceptors (Lipinski definition) is 3. The van der Waals surface area contributed by atoms with E-state index in [9.17, 15) is 4.79 Å². The van der Waals surface area contributed by atoms with E-state index in [1.165, 1.54) is 25.5 Å². The second kappa shape index (κ2) is 5.25. The predicted molar refractivity (Wildman–Crippen MR) is 65.5 cm³/mol. The van der Waals surface area contributed by atoms with E-state index >= 15 is 0 Å².